The van der Waals surface area contributed by atoms with Gasteiger partial charge in [-0.25, -0.2) is 8.42 Å². The third-order valence-electron chi connectivity index (χ3n) is 5.27. The number of sulfonamides is 1. The fourth-order valence-electron chi connectivity index (χ4n) is 3.46. The van der Waals surface area contributed by atoms with Gasteiger partial charge in [0, 0.05) is 31.0 Å². The quantitative estimate of drug-likeness (QED) is 0.433. The number of halogens is 1. The van der Waals surface area contributed by atoms with Crippen LogP contribution in [0.15, 0.2) is 53.0 Å². The van der Waals surface area contributed by atoms with Crippen LogP contribution in [0.5, 0.6) is 5.75 Å². The van der Waals surface area contributed by atoms with Gasteiger partial charge in [-0.05, 0) is 62.2 Å². The molecule has 8 nitrogen and oxygen atoms in total. The van der Waals surface area contributed by atoms with Gasteiger partial charge in [0.25, 0.3) is 0 Å². The molecule has 2 aromatic carbocycles. The Labute approximate surface area is 210 Å². The third kappa shape index (κ3) is 8.02. The number of carbonyl (C=O) groups is 2. The van der Waals surface area contributed by atoms with Crippen molar-refractivity contribution in [2.45, 2.75) is 39.3 Å². The van der Waals surface area contributed by atoms with Crippen molar-refractivity contribution in [1.29, 1.82) is 0 Å². The zero-order chi connectivity index (χ0) is 25.3. The zero-order valence-corrected chi connectivity index (χ0v) is 22.4. The molecule has 0 saturated carbocycles. The molecule has 0 unspecified atom stereocenters. The molecule has 0 bridgehead atoms. The average molecular weight is 555 g/mol. The van der Waals surface area contributed by atoms with Gasteiger partial charge in [-0.2, -0.15) is 0 Å². The Hall–Kier alpha value is -2.59. The summed E-state index contributed by atoms with van der Waals surface area (Å²) in [6.45, 7) is 4.48. The summed E-state index contributed by atoms with van der Waals surface area (Å²) in [5.41, 5.74) is 1.39. The number of amides is 2. The molecular weight excluding hydrogens is 522 g/mol. The second-order valence-electron chi connectivity index (χ2n) is 7.80. The second-order valence-corrected chi connectivity index (χ2v) is 10.6. The molecule has 0 saturated heterocycles. The van der Waals surface area contributed by atoms with E-state index in [1.54, 1.807) is 31.2 Å². The minimum absolute atomic E-state index is 0.0981. The lowest BCUT2D eigenvalue weighted by molar-refractivity contribution is -0.140. The molecule has 0 radical (unpaired) electrons. The molecule has 0 aromatic heterocycles. The SMILES string of the molecule is CCOc1ccc(N(CCCC(=O)N(Cc2ccc(Br)cc2)[C@H](C)C(=O)NC)S(C)(=O)=O)cc1. The highest BCUT2D eigenvalue weighted by molar-refractivity contribution is 9.10. The van der Waals surface area contributed by atoms with Crippen LogP contribution in [0.2, 0.25) is 0 Å². The summed E-state index contributed by atoms with van der Waals surface area (Å²) < 4.78 is 32.4. The molecule has 2 rings (SSSR count). The van der Waals surface area contributed by atoms with E-state index in [1.807, 2.05) is 31.2 Å². The smallest absolute Gasteiger partial charge is 0.242 e. The van der Waals surface area contributed by atoms with Crippen LogP contribution in [0.4, 0.5) is 5.69 Å². The van der Waals surface area contributed by atoms with E-state index in [-0.39, 0.29) is 31.3 Å². The Morgan fingerprint density at radius 1 is 1.09 bits per heavy atom. The Morgan fingerprint density at radius 3 is 2.24 bits per heavy atom. The Morgan fingerprint density at radius 2 is 1.71 bits per heavy atom. The molecule has 186 valence electrons. The number of hydrogen-bond donors (Lipinski definition) is 1. The van der Waals surface area contributed by atoms with Crippen molar-refractivity contribution in [3.05, 3.63) is 58.6 Å². The largest absolute Gasteiger partial charge is 0.494 e. The summed E-state index contributed by atoms with van der Waals surface area (Å²) in [5.74, 6) is 0.165. The van der Waals surface area contributed by atoms with Crippen LogP contribution in [0.1, 0.15) is 32.3 Å². The number of hydrogen-bond acceptors (Lipinski definition) is 5. The number of likely N-dealkylation sites (N-methyl/N-ethyl adjacent to an activating group) is 1. The fraction of sp³-hybridized carbons (Fsp3) is 0.417. The maximum absolute atomic E-state index is 13.1. The van der Waals surface area contributed by atoms with E-state index in [0.29, 0.717) is 24.5 Å². The molecule has 0 spiro atoms. The van der Waals surface area contributed by atoms with Crippen LogP contribution in [0.3, 0.4) is 0 Å². The summed E-state index contributed by atoms with van der Waals surface area (Å²) in [7, 11) is -2.02. The van der Waals surface area contributed by atoms with Gasteiger partial charge >= 0.3 is 0 Å². The summed E-state index contributed by atoms with van der Waals surface area (Å²) in [5, 5.41) is 2.59. The van der Waals surface area contributed by atoms with E-state index < -0.39 is 16.1 Å². The van der Waals surface area contributed by atoms with Crippen molar-refractivity contribution >= 4 is 43.5 Å². The third-order valence-corrected chi connectivity index (χ3v) is 6.99. The molecule has 0 heterocycles. The van der Waals surface area contributed by atoms with E-state index in [4.69, 9.17) is 4.74 Å². The van der Waals surface area contributed by atoms with Crippen molar-refractivity contribution in [3.8, 4) is 5.75 Å². The fourth-order valence-corrected chi connectivity index (χ4v) is 4.69. The van der Waals surface area contributed by atoms with Crippen molar-refractivity contribution < 1.29 is 22.7 Å². The first-order valence-corrected chi connectivity index (χ1v) is 13.7. The van der Waals surface area contributed by atoms with E-state index in [9.17, 15) is 18.0 Å². The van der Waals surface area contributed by atoms with Crippen molar-refractivity contribution in [2.24, 2.45) is 0 Å². The maximum Gasteiger partial charge on any atom is 0.242 e. The van der Waals surface area contributed by atoms with Crippen molar-refractivity contribution in [2.75, 3.05) is 30.8 Å². The lowest BCUT2D eigenvalue weighted by Crippen LogP contribution is -2.46. The lowest BCUT2D eigenvalue weighted by Gasteiger charge is -2.29. The number of benzene rings is 2. The topological polar surface area (TPSA) is 96.0 Å². The molecule has 2 amide bonds. The van der Waals surface area contributed by atoms with Gasteiger partial charge in [0.05, 0.1) is 18.6 Å². The lowest BCUT2D eigenvalue weighted by atomic mass is 10.1. The number of rotatable bonds is 12. The molecule has 34 heavy (non-hydrogen) atoms. The van der Waals surface area contributed by atoms with Crippen molar-refractivity contribution in [3.63, 3.8) is 0 Å². The van der Waals surface area contributed by atoms with Gasteiger partial charge in [-0.1, -0.05) is 28.1 Å². The molecule has 1 N–H and O–H groups in total. The molecule has 0 aliphatic heterocycles. The van der Waals surface area contributed by atoms with Crippen LogP contribution in [0, 0.1) is 0 Å². The highest BCUT2D eigenvalue weighted by Crippen LogP contribution is 2.23. The second kappa shape index (κ2) is 12.8. The van der Waals surface area contributed by atoms with Crippen LogP contribution in [-0.4, -0.2) is 57.6 Å². The molecular formula is C24H32BrN3O5S. The van der Waals surface area contributed by atoms with Crippen LogP contribution in [0.25, 0.3) is 0 Å². The summed E-state index contributed by atoms with van der Waals surface area (Å²) in [6.07, 6.45) is 1.54. The van der Waals surface area contributed by atoms with E-state index >= 15 is 0 Å². The van der Waals surface area contributed by atoms with E-state index in [2.05, 4.69) is 21.2 Å². The Bertz CT molecular complexity index is 1060. The van der Waals surface area contributed by atoms with Gasteiger partial charge in [0.15, 0.2) is 0 Å². The van der Waals surface area contributed by atoms with Gasteiger partial charge < -0.3 is 15.0 Å². The predicted octanol–water partition coefficient (Wildman–Crippen LogP) is 3.56. The highest BCUT2D eigenvalue weighted by Gasteiger charge is 2.26. The minimum atomic E-state index is -3.55. The van der Waals surface area contributed by atoms with Crippen molar-refractivity contribution in [1.82, 2.24) is 10.2 Å². The van der Waals surface area contributed by atoms with Gasteiger partial charge in [0.2, 0.25) is 21.8 Å². The first-order chi connectivity index (χ1) is 16.1. The number of carbonyl (C=O) groups excluding carboxylic acids is 2. The Kier molecular flexibility index (Phi) is 10.4. The maximum atomic E-state index is 13.1. The summed E-state index contributed by atoms with van der Waals surface area (Å²) in [6, 6.07) is 13.7. The van der Waals surface area contributed by atoms with Crippen LogP contribution in [-0.2, 0) is 26.2 Å². The number of ether oxygens (including phenoxy) is 1. The number of anilines is 1. The van der Waals surface area contributed by atoms with Crippen LogP contribution >= 0.6 is 15.9 Å². The number of nitrogens with zero attached hydrogens (tertiary/aromatic N) is 2. The van der Waals surface area contributed by atoms with Gasteiger partial charge in [0.1, 0.15) is 11.8 Å². The normalized spacial score (nSPS) is 12.0. The predicted molar refractivity (Wildman–Crippen MR) is 137 cm³/mol. The Balaban J connectivity index is 2.12. The first kappa shape index (κ1) is 27.7. The van der Waals surface area contributed by atoms with E-state index in [0.717, 1.165) is 16.3 Å². The van der Waals surface area contributed by atoms with Gasteiger partial charge in [-0.15, -0.1) is 0 Å². The molecule has 1 atom stereocenters. The van der Waals surface area contributed by atoms with E-state index in [1.165, 1.54) is 16.3 Å². The molecule has 0 aliphatic carbocycles. The molecule has 2 aromatic rings. The molecule has 0 aliphatic rings. The van der Waals surface area contributed by atoms with Crippen LogP contribution < -0.4 is 14.4 Å². The summed E-state index contributed by atoms with van der Waals surface area (Å²) >= 11 is 3.39. The minimum Gasteiger partial charge on any atom is -0.494 e. The zero-order valence-electron chi connectivity index (χ0n) is 20.0. The summed E-state index contributed by atoms with van der Waals surface area (Å²) in [4.78, 5) is 26.9. The number of nitrogens with one attached hydrogen (secondary N) is 1. The molecule has 0 fully saturated rings. The molecule has 10 heteroatoms. The standard InChI is InChI=1S/C24H32BrN3O5S/c1-5-33-22-14-12-21(13-15-22)28(34(4,31)32)16-6-7-23(29)27(18(2)24(30)26-3)17-19-8-10-20(25)11-9-19/h8-15,18H,5-7,16-17H2,1-4H3,(H,26,30)/t18-/m1/s1. The monoisotopic (exact) mass is 553 g/mol. The highest BCUT2D eigenvalue weighted by atomic mass is 79.9. The average Bonchev–Trinajstić information content (AvgIpc) is 2.80. The first-order valence-electron chi connectivity index (χ1n) is 11.0. The van der Waals surface area contributed by atoms with Gasteiger partial charge in [-0.3, -0.25) is 13.9 Å².